The molecule has 1 saturated heterocycles. The fourth-order valence-electron chi connectivity index (χ4n) is 5.59. The molecule has 0 aromatic heterocycles. The van der Waals surface area contributed by atoms with Gasteiger partial charge in [0.1, 0.15) is 23.2 Å². The van der Waals surface area contributed by atoms with Crippen molar-refractivity contribution in [3.8, 4) is 0 Å². The van der Waals surface area contributed by atoms with Crippen molar-refractivity contribution in [1.82, 2.24) is 15.5 Å². The molecule has 0 bridgehead atoms. The van der Waals surface area contributed by atoms with Crippen molar-refractivity contribution in [2.24, 2.45) is 5.92 Å². The monoisotopic (exact) mass is 697 g/mol. The van der Waals surface area contributed by atoms with E-state index in [0.717, 1.165) is 19.3 Å². The first kappa shape index (κ1) is 33.9. The van der Waals surface area contributed by atoms with Crippen LogP contribution in [-0.4, -0.2) is 80.2 Å². The SMILES string of the molecule is COC(=O)[C@@]12C[C@H]1/C=C\CCCCCC(NC(=O)OC(C)(C)C)C(=O)N1C[C@@H](OS(=O)(=O)c3ccc(Br)cc3)C[C@H]1C(=O)N2. The number of esters is 1. The van der Waals surface area contributed by atoms with E-state index >= 15 is 0 Å². The summed E-state index contributed by atoms with van der Waals surface area (Å²) in [5.41, 5.74) is -2.09. The second-order valence-corrected chi connectivity index (χ2v) is 14.9. The molecular weight excluding hydrogens is 658 g/mol. The molecule has 14 heteroatoms. The number of halogens is 1. The lowest BCUT2D eigenvalue weighted by atomic mass is 10.0. The number of methoxy groups -OCH3 is 1. The summed E-state index contributed by atoms with van der Waals surface area (Å²) in [4.78, 5) is 54.6. The third-order valence-electron chi connectivity index (χ3n) is 7.85. The molecule has 1 aliphatic carbocycles. The molecule has 242 valence electrons. The summed E-state index contributed by atoms with van der Waals surface area (Å²) in [5.74, 6) is -2.09. The fraction of sp³-hybridized carbons (Fsp3) is 0.600. The number of hydrogen-bond acceptors (Lipinski definition) is 9. The standard InChI is InChI=1S/C30H40BrN3O9S/c1-29(2,3)42-28(38)32-23-11-9-7-5-6-8-10-19-17-30(19,27(37)41-4)33-25(35)24-16-21(18-34(24)26(23)36)43-44(39,40)22-14-12-20(31)13-15-22/h8,10,12-15,19,21,23-24H,5-7,9,11,16-18H2,1-4H3,(H,32,38)(H,33,35)/b10-8-/t19-,21+,23?,24+,30-/m1/s1. The van der Waals surface area contributed by atoms with E-state index in [1.165, 1.54) is 24.1 Å². The van der Waals surface area contributed by atoms with E-state index < -0.39 is 63.3 Å². The van der Waals surface area contributed by atoms with Gasteiger partial charge in [0.25, 0.3) is 10.1 Å². The average Bonchev–Trinajstić information content (AvgIpc) is 3.47. The van der Waals surface area contributed by atoms with Crippen LogP contribution in [0.4, 0.5) is 4.79 Å². The summed E-state index contributed by atoms with van der Waals surface area (Å²) in [7, 11) is -3.00. The van der Waals surface area contributed by atoms with Gasteiger partial charge in [-0.05, 0) is 70.7 Å². The summed E-state index contributed by atoms with van der Waals surface area (Å²) >= 11 is 3.27. The Hall–Kier alpha value is -2.97. The third kappa shape index (κ3) is 8.19. The number of hydrogen-bond donors (Lipinski definition) is 2. The van der Waals surface area contributed by atoms with Crippen LogP contribution in [0.25, 0.3) is 0 Å². The number of ether oxygens (including phenoxy) is 2. The van der Waals surface area contributed by atoms with Crippen molar-refractivity contribution in [3.63, 3.8) is 0 Å². The predicted octanol–water partition coefficient (Wildman–Crippen LogP) is 3.59. The molecule has 2 heterocycles. The minimum absolute atomic E-state index is 0.0809. The van der Waals surface area contributed by atoms with E-state index in [2.05, 4.69) is 26.6 Å². The van der Waals surface area contributed by atoms with Crippen molar-refractivity contribution in [2.75, 3.05) is 13.7 Å². The summed E-state index contributed by atoms with van der Waals surface area (Å²) in [5, 5.41) is 5.46. The van der Waals surface area contributed by atoms with Crippen molar-refractivity contribution < 1.29 is 41.3 Å². The van der Waals surface area contributed by atoms with Crippen molar-refractivity contribution in [1.29, 1.82) is 0 Å². The molecule has 0 spiro atoms. The topological polar surface area (TPSA) is 157 Å². The Morgan fingerprint density at radius 1 is 1.11 bits per heavy atom. The number of nitrogens with one attached hydrogen (secondary N) is 2. The van der Waals surface area contributed by atoms with E-state index in [1.54, 1.807) is 32.9 Å². The maximum Gasteiger partial charge on any atom is 0.408 e. The predicted molar refractivity (Wildman–Crippen MR) is 163 cm³/mol. The lowest BCUT2D eigenvalue weighted by Gasteiger charge is -2.30. The van der Waals surface area contributed by atoms with Gasteiger partial charge in [-0.3, -0.25) is 13.8 Å². The van der Waals surface area contributed by atoms with Crippen LogP contribution < -0.4 is 10.6 Å². The number of alkyl carbamates (subject to hydrolysis) is 1. The maximum absolute atomic E-state index is 14.1. The zero-order valence-electron chi connectivity index (χ0n) is 25.3. The van der Waals surface area contributed by atoms with Gasteiger partial charge in [-0.2, -0.15) is 8.42 Å². The quantitative estimate of drug-likeness (QED) is 0.267. The molecule has 3 amide bonds. The van der Waals surface area contributed by atoms with Gasteiger partial charge in [-0.1, -0.05) is 40.9 Å². The zero-order chi connectivity index (χ0) is 32.3. The van der Waals surface area contributed by atoms with Crippen molar-refractivity contribution in [3.05, 3.63) is 40.9 Å². The van der Waals surface area contributed by atoms with E-state index in [4.69, 9.17) is 13.7 Å². The van der Waals surface area contributed by atoms with Gasteiger partial charge in [0.2, 0.25) is 11.8 Å². The number of carbonyl (C=O) groups excluding carboxylic acids is 4. The van der Waals surface area contributed by atoms with Gasteiger partial charge in [0, 0.05) is 23.4 Å². The molecule has 2 N–H and O–H groups in total. The smallest absolute Gasteiger partial charge is 0.408 e. The van der Waals surface area contributed by atoms with Gasteiger partial charge in [0.05, 0.1) is 18.1 Å². The molecule has 12 nitrogen and oxygen atoms in total. The molecule has 5 atom stereocenters. The minimum atomic E-state index is -4.24. The Balaban J connectivity index is 1.64. The van der Waals surface area contributed by atoms with Gasteiger partial charge < -0.3 is 25.0 Å². The highest BCUT2D eigenvalue weighted by Crippen LogP contribution is 2.46. The van der Waals surface area contributed by atoms with E-state index in [9.17, 15) is 27.6 Å². The Morgan fingerprint density at radius 2 is 1.82 bits per heavy atom. The van der Waals surface area contributed by atoms with Crippen LogP contribution >= 0.6 is 15.9 Å². The Labute approximate surface area is 266 Å². The molecular formula is C30H40BrN3O9S. The van der Waals surface area contributed by atoms with Crippen molar-refractivity contribution in [2.45, 2.75) is 99.9 Å². The Bertz CT molecular complexity index is 1390. The molecule has 2 fully saturated rings. The van der Waals surface area contributed by atoms with Gasteiger partial charge in [-0.15, -0.1) is 0 Å². The molecule has 3 aliphatic rings. The summed E-state index contributed by atoms with van der Waals surface area (Å²) in [6.45, 7) is 4.88. The second-order valence-electron chi connectivity index (χ2n) is 12.4. The summed E-state index contributed by atoms with van der Waals surface area (Å²) in [6.07, 6.45) is 5.45. The Kier molecular flexibility index (Phi) is 10.5. The molecule has 2 aliphatic heterocycles. The van der Waals surface area contributed by atoms with Crippen LogP contribution in [-0.2, 0) is 38.2 Å². The van der Waals surface area contributed by atoms with Crippen LogP contribution in [0.1, 0.15) is 65.7 Å². The summed E-state index contributed by atoms with van der Waals surface area (Å²) < 4.78 is 42.9. The number of benzene rings is 1. The van der Waals surface area contributed by atoms with E-state index in [-0.39, 0.29) is 30.2 Å². The number of carbonyl (C=O) groups is 4. The van der Waals surface area contributed by atoms with Crippen molar-refractivity contribution >= 4 is 49.9 Å². The first-order chi connectivity index (χ1) is 20.6. The zero-order valence-corrected chi connectivity index (χ0v) is 27.7. The van der Waals surface area contributed by atoms with Gasteiger partial charge in [-0.25, -0.2) is 9.59 Å². The number of fused-ring (bicyclic) bond motifs is 2. The first-order valence-corrected chi connectivity index (χ1v) is 16.9. The van der Waals surface area contributed by atoms with Crippen LogP contribution in [0.15, 0.2) is 45.8 Å². The molecule has 1 saturated carbocycles. The Morgan fingerprint density at radius 3 is 2.48 bits per heavy atom. The molecule has 1 aromatic carbocycles. The van der Waals surface area contributed by atoms with E-state index in [0.29, 0.717) is 17.3 Å². The van der Waals surface area contributed by atoms with Crippen LogP contribution in [0, 0.1) is 5.92 Å². The normalized spacial score (nSPS) is 28.8. The van der Waals surface area contributed by atoms with Gasteiger partial charge in [0.15, 0.2) is 0 Å². The lowest BCUT2D eigenvalue weighted by Crippen LogP contribution is -2.56. The molecule has 1 unspecified atom stereocenters. The number of amides is 3. The maximum atomic E-state index is 14.1. The van der Waals surface area contributed by atoms with Crippen LogP contribution in [0.2, 0.25) is 0 Å². The lowest BCUT2D eigenvalue weighted by molar-refractivity contribution is -0.148. The average molecular weight is 699 g/mol. The highest BCUT2D eigenvalue weighted by molar-refractivity contribution is 9.10. The first-order valence-electron chi connectivity index (χ1n) is 14.7. The molecule has 44 heavy (non-hydrogen) atoms. The third-order valence-corrected chi connectivity index (χ3v) is 9.75. The van der Waals surface area contributed by atoms with Gasteiger partial charge >= 0.3 is 12.1 Å². The van der Waals surface area contributed by atoms with E-state index in [1.807, 2.05) is 12.2 Å². The second kappa shape index (κ2) is 13.6. The molecule has 4 rings (SSSR count). The largest absolute Gasteiger partial charge is 0.467 e. The molecule has 1 aromatic rings. The van der Waals surface area contributed by atoms with Crippen LogP contribution in [0.3, 0.4) is 0 Å². The number of allylic oxidation sites excluding steroid dienone is 1. The number of nitrogens with zero attached hydrogens (tertiary/aromatic N) is 1. The molecule has 0 radical (unpaired) electrons. The highest BCUT2D eigenvalue weighted by atomic mass is 79.9. The number of rotatable bonds is 5. The summed E-state index contributed by atoms with van der Waals surface area (Å²) in [6, 6.07) is 3.68. The minimum Gasteiger partial charge on any atom is -0.467 e. The fourth-order valence-corrected chi connectivity index (χ4v) is 6.93. The highest BCUT2D eigenvalue weighted by Gasteiger charge is 2.62. The van der Waals surface area contributed by atoms with Crippen LogP contribution in [0.5, 0.6) is 0 Å².